The fraction of sp³-hybridized carbons (Fsp3) is 0.176. The number of benzene rings is 2. The Kier molecular flexibility index (Phi) is 7.31. The standard InChI is InChI=1S/C17H18ClN3O3S/c1-2-23-14-7-9-15(10-8-14)24-11-16(22)20-21-17(25)19-13-5-3-12(18)4-6-13/h3-10H,2,11H2,1H3,(H,20,22)(H2,19,21,25). The second-order valence-electron chi connectivity index (χ2n) is 4.83. The van der Waals surface area contributed by atoms with Crippen molar-refractivity contribution in [1.82, 2.24) is 10.9 Å². The van der Waals surface area contributed by atoms with Crippen molar-refractivity contribution in [3.8, 4) is 11.5 Å². The number of halogens is 1. The van der Waals surface area contributed by atoms with Crippen LogP contribution >= 0.6 is 23.8 Å². The van der Waals surface area contributed by atoms with Gasteiger partial charge >= 0.3 is 0 Å². The summed E-state index contributed by atoms with van der Waals surface area (Å²) in [6, 6.07) is 14.0. The number of rotatable bonds is 6. The molecule has 0 fully saturated rings. The summed E-state index contributed by atoms with van der Waals surface area (Å²) in [7, 11) is 0. The Bertz CT molecular complexity index is 708. The number of carbonyl (C=O) groups is 1. The van der Waals surface area contributed by atoms with Crippen LogP contribution in [0.4, 0.5) is 5.69 Å². The maximum atomic E-state index is 11.8. The second kappa shape index (κ2) is 9.71. The fourth-order valence-corrected chi connectivity index (χ4v) is 2.10. The highest BCUT2D eigenvalue weighted by Gasteiger charge is 2.04. The molecule has 0 atom stereocenters. The minimum absolute atomic E-state index is 0.148. The minimum atomic E-state index is -0.367. The molecule has 0 unspecified atom stereocenters. The van der Waals surface area contributed by atoms with Crippen LogP contribution in [-0.4, -0.2) is 24.2 Å². The van der Waals surface area contributed by atoms with Gasteiger partial charge in [0.15, 0.2) is 11.7 Å². The Morgan fingerprint density at radius 2 is 1.60 bits per heavy atom. The maximum Gasteiger partial charge on any atom is 0.276 e. The van der Waals surface area contributed by atoms with Crippen molar-refractivity contribution >= 4 is 40.5 Å². The first kappa shape index (κ1) is 18.8. The van der Waals surface area contributed by atoms with E-state index in [4.69, 9.17) is 33.3 Å². The lowest BCUT2D eigenvalue weighted by atomic mass is 10.3. The second-order valence-corrected chi connectivity index (χ2v) is 5.67. The van der Waals surface area contributed by atoms with Gasteiger partial charge in [-0.3, -0.25) is 15.6 Å². The summed E-state index contributed by atoms with van der Waals surface area (Å²) in [6.45, 7) is 2.36. The number of hydrogen-bond donors (Lipinski definition) is 3. The average molecular weight is 380 g/mol. The summed E-state index contributed by atoms with van der Waals surface area (Å²) < 4.78 is 10.7. The molecule has 0 aliphatic heterocycles. The molecule has 1 amide bonds. The zero-order valence-electron chi connectivity index (χ0n) is 13.5. The molecule has 2 aromatic rings. The van der Waals surface area contributed by atoms with Crippen molar-refractivity contribution in [3.05, 3.63) is 53.6 Å². The summed E-state index contributed by atoms with van der Waals surface area (Å²) in [5.74, 6) is 0.953. The third kappa shape index (κ3) is 6.86. The van der Waals surface area contributed by atoms with Crippen molar-refractivity contribution in [2.45, 2.75) is 6.92 Å². The molecule has 0 aliphatic rings. The number of hydrogen-bond acceptors (Lipinski definition) is 4. The zero-order chi connectivity index (χ0) is 18.1. The van der Waals surface area contributed by atoms with E-state index in [1.54, 1.807) is 48.5 Å². The van der Waals surface area contributed by atoms with Crippen LogP contribution in [-0.2, 0) is 4.79 Å². The number of thiocarbonyl (C=S) groups is 1. The lowest BCUT2D eigenvalue weighted by molar-refractivity contribution is -0.123. The van der Waals surface area contributed by atoms with Gasteiger partial charge in [0.25, 0.3) is 5.91 Å². The molecule has 0 aromatic heterocycles. The molecule has 6 nitrogen and oxygen atoms in total. The van der Waals surface area contributed by atoms with Crippen LogP contribution in [0, 0.1) is 0 Å². The molecule has 2 rings (SSSR count). The predicted octanol–water partition coefficient (Wildman–Crippen LogP) is 3.14. The quantitative estimate of drug-likeness (QED) is 0.529. The molecule has 0 heterocycles. The predicted molar refractivity (Wildman–Crippen MR) is 102 cm³/mol. The normalized spacial score (nSPS) is 9.84. The summed E-state index contributed by atoms with van der Waals surface area (Å²) in [5.41, 5.74) is 5.79. The molecule has 0 aliphatic carbocycles. The van der Waals surface area contributed by atoms with Gasteiger partial charge in [-0.1, -0.05) is 11.6 Å². The molecule has 132 valence electrons. The summed E-state index contributed by atoms with van der Waals surface area (Å²) in [5, 5.41) is 3.78. The Labute approximate surface area is 156 Å². The fourth-order valence-electron chi connectivity index (χ4n) is 1.81. The minimum Gasteiger partial charge on any atom is -0.494 e. The summed E-state index contributed by atoms with van der Waals surface area (Å²) >= 11 is 10.9. The van der Waals surface area contributed by atoms with Crippen LogP contribution in [0.2, 0.25) is 5.02 Å². The van der Waals surface area contributed by atoms with Crippen molar-refractivity contribution in [1.29, 1.82) is 0 Å². The van der Waals surface area contributed by atoms with Crippen LogP contribution in [0.25, 0.3) is 0 Å². The van der Waals surface area contributed by atoms with Gasteiger partial charge in [-0.25, -0.2) is 0 Å². The number of anilines is 1. The summed E-state index contributed by atoms with van der Waals surface area (Å²) in [6.07, 6.45) is 0. The molecule has 0 bridgehead atoms. The maximum absolute atomic E-state index is 11.8. The molecule has 8 heteroatoms. The van der Waals surface area contributed by atoms with Gasteiger partial charge < -0.3 is 14.8 Å². The molecular formula is C17H18ClN3O3S. The first-order valence-electron chi connectivity index (χ1n) is 7.54. The highest BCUT2D eigenvalue weighted by Crippen LogP contribution is 2.17. The number of ether oxygens (including phenoxy) is 2. The third-order valence-electron chi connectivity index (χ3n) is 2.92. The molecule has 25 heavy (non-hydrogen) atoms. The number of carbonyl (C=O) groups excluding carboxylic acids is 1. The van der Waals surface area contributed by atoms with Gasteiger partial charge in [0.1, 0.15) is 11.5 Å². The Hall–Kier alpha value is -2.51. The van der Waals surface area contributed by atoms with Crippen molar-refractivity contribution in [2.75, 3.05) is 18.5 Å². The number of amides is 1. The van der Waals surface area contributed by atoms with E-state index in [1.807, 2.05) is 6.92 Å². The van der Waals surface area contributed by atoms with E-state index in [-0.39, 0.29) is 17.6 Å². The van der Waals surface area contributed by atoms with E-state index in [9.17, 15) is 4.79 Å². The van der Waals surface area contributed by atoms with Crippen LogP contribution in [0.1, 0.15) is 6.92 Å². The third-order valence-corrected chi connectivity index (χ3v) is 3.38. The highest BCUT2D eigenvalue weighted by molar-refractivity contribution is 7.80. The van der Waals surface area contributed by atoms with Crippen molar-refractivity contribution < 1.29 is 14.3 Å². The van der Waals surface area contributed by atoms with Gasteiger partial charge in [-0.2, -0.15) is 0 Å². The van der Waals surface area contributed by atoms with Crippen LogP contribution in [0.3, 0.4) is 0 Å². The van der Waals surface area contributed by atoms with Crippen molar-refractivity contribution in [2.24, 2.45) is 0 Å². The molecule has 3 N–H and O–H groups in total. The first-order valence-corrected chi connectivity index (χ1v) is 8.32. The number of hydrazine groups is 1. The van der Waals surface area contributed by atoms with E-state index >= 15 is 0 Å². The molecule has 0 radical (unpaired) electrons. The van der Waals surface area contributed by atoms with E-state index in [2.05, 4.69) is 16.2 Å². The summed E-state index contributed by atoms with van der Waals surface area (Å²) in [4.78, 5) is 11.8. The lowest BCUT2D eigenvalue weighted by Gasteiger charge is -2.12. The molecular weight excluding hydrogens is 362 g/mol. The smallest absolute Gasteiger partial charge is 0.276 e. The van der Waals surface area contributed by atoms with Crippen LogP contribution in [0.15, 0.2) is 48.5 Å². The van der Waals surface area contributed by atoms with E-state index in [0.29, 0.717) is 17.4 Å². The highest BCUT2D eigenvalue weighted by atomic mass is 35.5. The Balaban J connectivity index is 1.69. The molecule has 2 aromatic carbocycles. The van der Waals surface area contributed by atoms with Crippen molar-refractivity contribution in [3.63, 3.8) is 0 Å². The van der Waals surface area contributed by atoms with Crippen LogP contribution < -0.4 is 25.6 Å². The molecule has 0 spiro atoms. The molecule has 0 saturated heterocycles. The SMILES string of the molecule is CCOc1ccc(OCC(=O)NNC(=S)Nc2ccc(Cl)cc2)cc1. The Morgan fingerprint density at radius 3 is 2.20 bits per heavy atom. The zero-order valence-corrected chi connectivity index (χ0v) is 15.1. The first-order chi connectivity index (χ1) is 12.1. The van der Waals surface area contributed by atoms with Gasteiger partial charge in [0.05, 0.1) is 6.61 Å². The van der Waals surface area contributed by atoms with E-state index in [0.717, 1.165) is 11.4 Å². The van der Waals surface area contributed by atoms with Crippen LogP contribution in [0.5, 0.6) is 11.5 Å². The van der Waals surface area contributed by atoms with Gasteiger partial charge in [0, 0.05) is 10.7 Å². The van der Waals surface area contributed by atoms with E-state index in [1.165, 1.54) is 0 Å². The molecule has 0 saturated carbocycles. The lowest BCUT2D eigenvalue weighted by Crippen LogP contribution is -2.45. The van der Waals surface area contributed by atoms with Gasteiger partial charge in [-0.05, 0) is 67.7 Å². The van der Waals surface area contributed by atoms with Gasteiger partial charge in [0.2, 0.25) is 0 Å². The Morgan fingerprint density at radius 1 is 1.00 bits per heavy atom. The number of nitrogens with one attached hydrogen (secondary N) is 3. The largest absolute Gasteiger partial charge is 0.494 e. The monoisotopic (exact) mass is 379 g/mol. The van der Waals surface area contributed by atoms with E-state index < -0.39 is 0 Å². The average Bonchev–Trinajstić information content (AvgIpc) is 2.61. The topological polar surface area (TPSA) is 71.6 Å². The van der Waals surface area contributed by atoms with Gasteiger partial charge in [-0.15, -0.1) is 0 Å².